The number of aliphatic hydroxyl groups is 1. The number of thioether (sulfide) groups is 1. The van der Waals surface area contributed by atoms with Crippen molar-refractivity contribution in [2.75, 3.05) is 24.7 Å². The molecule has 0 spiro atoms. The summed E-state index contributed by atoms with van der Waals surface area (Å²) in [5.74, 6) is 1.80. The van der Waals surface area contributed by atoms with Crippen LogP contribution in [0.2, 0.25) is 5.02 Å². The van der Waals surface area contributed by atoms with Crippen LogP contribution in [0.3, 0.4) is 0 Å². The van der Waals surface area contributed by atoms with Gasteiger partial charge in [-0.3, -0.25) is 4.79 Å². The fraction of sp³-hybridized carbons (Fsp3) is 0.400. The van der Waals surface area contributed by atoms with Crippen molar-refractivity contribution in [2.45, 2.75) is 12.8 Å². The molecule has 0 bridgehead atoms. The molecular formula is C15H19ClN2O2S. The highest BCUT2D eigenvalue weighted by molar-refractivity contribution is 7.99. The Morgan fingerprint density at radius 1 is 1.38 bits per heavy atom. The second-order valence-electron chi connectivity index (χ2n) is 4.72. The van der Waals surface area contributed by atoms with Crippen molar-refractivity contribution >= 4 is 40.2 Å². The topological polar surface area (TPSA) is 65.1 Å². The Morgan fingerprint density at radius 2 is 2.24 bits per heavy atom. The summed E-state index contributed by atoms with van der Waals surface area (Å²) >= 11 is 7.73. The van der Waals surface area contributed by atoms with Gasteiger partial charge in [0.05, 0.1) is 6.42 Å². The lowest BCUT2D eigenvalue weighted by Crippen LogP contribution is -2.27. The molecule has 0 aliphatic heterocycles. The van der Waals surface area contributed by atoms with E-state index in [-0.39, 0.29) is 12.5 Å². The molecule has 0 atom stereocenters. The highest BCUT2D eigenvalue weighted by Crippen LogP contribution is 2.22. The van der Waals surface area contributed by atoms with Crippen molar-refractivity contribution in [3.63, 3.8) is 0 Å². The Morgan fingerprint density at radius 3 is 3.05 bits per heavy atom. The molecule has 0 saturated heterocycles. The molecule has 1 heterocycles. The number of fused-ring (bicyclic) bond motifs is 1. The van der Waals surface area contributed by atoms with Crippen LogP contribution < -0.4 is 5.32 Å². The summed E-state index contributed by atoms with van der Waals surface area (Å²) in [5, 5.41) is 13.2. The van der Waals surface area contributed by atoms with E-state index >= 15 is 0 Å². The summed E-state index contributed by atoms with van der Waals surface area (Å²) in [5.41, 5.74) is 1.94. The Labute approximate surface area is 133 Å². The maximum atomic E-state index is 11.9. The standard InChI is InChI=1S/C15H19ClN2O2S/c16-12-2-3-14-13(9-12)11(10-18-14)8-15(20)17-4-7-21-6-1-5-19/h2-3,9-10,18-19H,1,4-8H2,(H,17,20). The second-order valence-corrected chi connectivity index (χ2v) is 6.38. The van der Waals surface area contributed by atoms with E-state index in [2.05, 4.69) is 10.3 Å². The predicted molar refractivity (Wildman–Crippen MR) is 89.1 cm³/mol. The number of aromatic nitrogens is 1. The molecule has 0 aliphatic rings. The Balaban J connectivity index is 1.80. The molecule has 1 aromatic heterocycles. The molecule has 0 saturated carbocycles. The predicted octanol–water partition coefficient (Wildman–Crippen LogP) is 2.60. The molecule has 0 fully saturated rings. The Bertz CT molecular complexity index is 600. The molecule has 3 N–H and O–H groups in total. The average molecular weight is 327 g/mol. The third-order valence-corrected chi connectivity index (χ3v) is 4.40. The van der Waals surface area contributed by atoms with Crippen molar-refractivity contribution in [1.29, 1.82) is 0 Å². The first-order chi connectivity index (χ1) is 10.2. The van der Waals surface area contributed by atoms with E-state index in [0.29, 0.717) is 18.0 Å². The van der Waals surface area contributed by atoms with Gasteiger partial charge in [-0.1, -0.05) is 11.6 Å². The molecule has 21 heavy (non-hydrogen) atoms. The van der Waals surface area contributed by atoms with E-state index in [0.717, 1.165) is 34.4 Å². The van der Waals surface area contributed by atoms with E-state index in [1.54, 1.807) is 11.8 Å². The molecule has 114 valence electrons. The maximum Gasteiger partial charge on any atom is 0.224 e. The summed E-state index contributed by atoms with van der Waals surface area (Å²) < 4.78 is 0. The minimum Gasteiger partial charge on any atom is -0.396 e. The van der Waals surface area contributed by atoms with Gasteiger partial charge in [0.1, 0.15) is 0 Å². The van der Waals surface area contributed by atoms with Crippen LogP contribution in [0.1, 0.15) is 12.0 Å². The van der Waals surface area contributed by atoms with Crippen LogP contribution in [0.25, 0.3) is 10.9 Å². The fourth-order valence-corrected chi connectivity index (χ4v) is 3.02. The number of hydrogen-bond acceptors (Lipinski definition) is 3. The molecule has 2 rings (SSSR count). The van der Waals surface area contributed by atoms with Crippen LogP contribution in [0.15, 0.2) is 24.4 Å². The van der Waals surface area contributed by atoms with E-state index in [1.165, 1.54) is 0 Å². The summed E-state index contributed by atoms with van der Waals surface area (Å²) in [6, 6.07) is 5.62. The summed E-state index contributed by atoms with van der Waals surface area (Å²) in [4.78, 5) is 15.1. The number of amides is 1. The van der Waals surface area contributed by atoms with Crippen LogP contribution in [-0.2, 0) is 11.2 Å². The molecular weight excluding hydrogens is 308 g/mol. The quantitative estimate of drug-likeness (QED) is 0.653. The van der Waals surface area contributed by atoms with Gasteiger partial charge in [-0.2, -0.15) is 11.8 Å². The van der Waals surface area contributed by atoms with Gasteiger partial charge in [-0.15, -0.1) is 0 Å². The molecule has 2 aromatic rings. The summed E-state index contributed by atoms with van der Waals surface area (Å²) in [6.07, 6.45) is 3.01. The van der Waals surface area contributed by atoms with Gasteiger partial charge in [0.25, 0.3) is 0 Å². The average Bonchev–Trinajstić information content (AvgIpc) is 2.85. The van der Waals surface area contributed by atoms with Crippen molar-refractivity contribution in [3.8, 4) is 0 Å². The highest BCUT2D eigenvalue weighted by Gasteiger charge is 2.08. The van der Waals surface area contributed by atoms with Crippen LogP contribution in [-0.4, -0.2) is 40.7 Å². The lowest BCUT2D eigenvalue weighted by molar-refractivity contribution is -0.120. The SMILES string of the molecule is O=C(Cc1c[nH]c2ccc(Cl)cc12)NCCSCCCO. The zero-order chi connectivity index (χ0) is 15.1. The first-order valence-electron chi connectivity index (χ1n) is 6.91. The number of benzene rings is 1. The van der Waals surface area contributed by atoms with Crippen LogP contribution in [0.4, 0.5) is 0 Å². The van der Waals surface area contributed by atoms with Gasteiger partial charge < -0.3 is 15.4 Å². The number of hydrogen-bond donors (Lipinski definition) is 3. The number of aromatic amines is 1. The molecule has 0 unspecified atom stereocenters. The maximum absolute atomic E-state index is 11.9. The Kier molecular flexibility index (Phi) is 6.42. The normalized spacial score (nSPS) is 11.0. The van der Waals surface area contributed by atoms with Gasteiger partial charge >= 0.3 is 0 Å². The zero-order valence-electron chi connectivity index (χ0n) is 11.7. The third-order valence-electron chi connectivity index (χ3n) is 3.10. The molecule has 0 radical (unpaired) electrons. The van der Waals surface area contributed by atoms with Gasteiger partial charge in [-0.05, 0) is 35.9 Å². The van der Waals surface area contributed by atoms with E-state index in [4.69, 9.17) is 16.7 Å². The van der Waals surface area contributed by atoms with Gasteiger partial charge in [0.15, 0.2) is 0 Å². The Hall–Kier alpha value is -1.17. The van der Waals surface area contributed by atoms with Crippen molar-refractivity contribution in [2.24, 2.45) is 0 Å². The molecule has 0 aliphatic carbocycles. The lowest BCUT2D eigenvalue weighted by atomic mass is 10.1. The molecule has 6 heteroatoms. The zero-order valence-corrected chi connectivity index (χ0v) is 13.3. The number of halogens is 1. The smallest absolute Gasteiger partial charge is 0.224 e. The minimum atomic E-state index is 0.0126. The molecule has 1 aromatic carbocycles. The van der Waals surface area contributed by atoms with Crippen LogP contribution in [0.5, 0.6) is 0 Å². The number of rotatable bonds is 8. The van der Waals surface area contributed by atoms with Crippen LogP contribution in [0, 0.1) is 0 Å². The van der Waals surface area contributed by atoms with Gasteiger partial charge in [0.2, 0.25) is 5.91 Å². The number of aliphatic hydroxyl groups excluding tert-OH is 1. The molecule has 1 amide bonds. The van der Waals surface area contributed by atoms with E-state index in [1.807, 2.05) is 24.4 Å². The van der Waals surface area contributed by atoms with Crippen LogP contribution >= 0.6 is 23.4 Å². The summed E-state index contributed by atoms with van der Waals surface area (Å²) in [7, 11) is 0. The monoisotopic (exact) mass is 326 g/mol. The molecule has 4 nitrogen and oxygen atoms in total. The second kappa shape index (κ2) is 8.32. The van der Waals surface area contributed by atoms with E-state index < -0.39 is 0 Å². The first kappa shape index (κ1) is 16.2. The summed E-state index contributed by atoms with van der Waals surface area (Å²) in [6.45, 7) is 0.876. The van der Waals surface area contributed by atoms with Crippen molar-refractivity contribution in [1.82, 2.24) is 10.3 Å². The van der Waals surface area contributed by atoms with Gasteiger partial charge in [-0.25, -0.2) is 0 Å². The number of carbonyl (C=O) groups is 1. The highest BCUT2D eigenvalue weighted by atomic mass is 35.5. The first-order valence-corrected chi connectivity index (χ1v) is 8.45. The lowest BCUT2D eigenvalue weighted by Gasteiger charge is -2.04. The number of carbonyl (C=O) groups excluding carboxylic acids is 1. The number of nitrogens with one attached hydrogen (secondary N) is 2. The van der Waals surface area contributed by atoms with Crippen molar-refractivity contribution in [3.05, 3.63) is 35.0 Å². The van der Waals surface area contributed by atoms with E-state index in [9.17, 15) is 4.79 Å². The largest absolute Gasteiger partial charge is 0.396 e. The third kappa shape index (κ3) is 4.95. The minimum absolute atomic E-state index is 0.0126. The van der Waals surface area contributed by atoms with Gasteiger partial charge in [0, 0.05) is 41.0 Å². The fourth-order valence-electron chi connectivity index (χ4n) is 2.06. The van der Waals surface area contributed by atoms with Crippen molar-refractivity contribution < 1.29 is 9.90 Å². The number of H-pyrrole nitrogens is 1.